The van der Waals surface area contributed by atoms with Crippen LogP contribution in [-0.4, -0.2) is 24.0 Å². The van der Waals surface area contributed by atoms with E-state index >= 15 is 0 Å². The van der Waals surface area contributed by atoms with Crippen LogP contribution in [0, 0.1) is 5.82 Å². The van der Waals surface area contributed by atoms with Crippen LogP contribution < -0.4 is 10.6 Å². The van der Waals surface area contributed by atoms with Gasteiger partial charge in [0.15, 0.2) is 0 Å². The maximum atomic E-state index is 13.3. The Morgan fingerprint density at radius 3 is 2.36 bits per heavy atom. The van der Waals surface area contributed by atoms with E-state index in [1.807, 2.05) is 0 Å². The van der Waals surface area contributed by atoms with Gasteiger partial charge in [0.05, 0.1) is 5.56 Å². The second-order valence-corrected chi connectivity index (χ2v) is 6.01. The van der Waals surface area contributed by atoms with Crippen molar-refractivity contribution in [2.24, 2.45) is 0 Å². The first kappa shape index (κ1) is 15.3. The second kappa shape index (κ2) is 5.53. The molecule has 1 aromatic rings. The fourth-order valence-electron chi connectivity index (χ4n) is 3.33. The zero-order chi connectivity index (χ0) is 15.9. The van der Waals surface area contributed by atoms with Crippen LogP contribution in [0.5, 0.6) is 0 Å². The smallest absolute Gasteiger partial charge is 0.349 e. The van der Waals surface area contributed by atoms with Crippen LogP contribution in [0.1, 0.15) is 41.6 Å². The third-order valence-electron chi connectivity index (χ3n) is 4.30. The van der Waals surface area contributed by atoms with E-state index < -0.39 is 23.5 Å². The summed E-state index contributed by atoms with van der Waals surface area (Å²) in [6.45, 7) is 0. The number of fused-ring (bicyclic) bond motifs is 2. The lowest BCUT2D eigenvalue weighted by Gasteiger charge is -2.29. The molecule has 3 nitrogen and oxygen atoms in total. The Morgan fingerprint density at radius 2 is 1.77 bits per heavy atom. The Hall–Kier alpha value is -1.63. The molecule has 1 aromatic carbocycles. The van der Waals surface area contributed by atoms with Crippen LogP contribution in [-0.2, 0) is 6.18 Å². The van der Waals surface area contributed by atoms with Crippen molar-refractivity contribution < 1.29 is 22.4 Å². The second-order valence-electron chi connectivity index (χ2n) is 6.01. The molecule has 0 saturated carbocycles. The summed E-state index contributed by atoms with van der Waals surface area (Å²) in [6.07, 6.45) is -1.07. The SMILES string of the molecule is O=C(NC1CC2CCC(C1)N2)c1cc(F)cc(C(F)(F)F)c1. The summed E-state index contributed by atoms with van der Waals surface area (Å²) in [7, 11) is 0. The normalized spacial score (nSPS) is 27.7. The van der Waals surface area contributed by atoms with Crippen molar-refractivity contribution in [2.45, 2.75) is 50.0 Å². The molecule has 0 aromatic heterocycles. The molecule has 2 heterocycles. The van der Waals surface area contributed by atoms with Crippen LogP contribution >= 0.6 is 0 Å². The number of nitrogens with one attached hydrogen (secondary N) is 2. The monoisotopic (exact) mass is 316 g/mol. The van der Waals surface area contributed by atoms with Crippen LogP contribution in [0.4, 0.5) is 17.6 Å². The zero-order valence-corrected chi connectivity index (χ0v) is 11.7. The summed E-state index contributed by atoms with van der Waals surface area (Å²) in [5.41, 5.74) is -1.44. The third kappa shape index (κ3) is 3.24. The van der Waals surface area contributed by atoms with E-state index in [1.54, 1.807) is 0 Å². The Balaban J connectivity index is 1.73. The van der Waals surface area contributed by atoms with Crippen molar-refractivity contribution in [3.8, 4) is 0 Å². The number of alkyl halides is 3. The van der Waals surface area contributed by atoms with Gasteiger partial charge in [-0.1, -0.05) is 0 Å². The van der Waals surface area contributed by atoms with Gasteiger partial charge in [0.2, 0.25) is 0 Å². The highest BCUT2D eigenvalue weighted by molar-refractivity contribution is 5.94. The van der Waals surface area contributed by atoms with Crippen molar-refractivity contribution >= 4 is 5.91 Å². The van der Waals surface area contributed by atoms with Gasteiger partial charge in [0, 0.05) is 23.7 Å². The lowest BCUT2D eigenvalue weighted by molar-refractivity contribution is -0.137. The number of carbonyl (C=O) groups excluding carboxylic acids is 1. The molecule has 7 heteroatoms. The number of hydrogen-bond acceptors (Lipinski definition) is 2. The Bertz CT molecular complexity index is 575. The fourth-order valence-corrected chi connectivity index (χ4v) is 3.33. The van der Waals surface area contributed by atoms with E-state index in [2.05, 4.69) is 10.6 Å². The van der Waals surface area contributed by atoms with Gasteiger partial charge >= 0.3 is 6.18 Å². The first-order valence-electron chi connectivity index (χ1n) is 7.26. The summed E-state index contributed by atoms with van der Waals surface area (Å²) >= 11 is 0. The average Bonchev–Trinajstić information content (AvgIpc) is 2.76. The highest BCUT2D eigenvalue weighted by Crippen LogP contribution is 2.31. The molecule has 2 bridgehead atoms. The van der Waals surface area contributed by atoms with Crippen LogP contribution in [0.2, 0.25) is 0 Å². The highest BCUT2D eigenvalue weighted by atomic mass is 19.4. The van der Waals surface area contributed by atoms with E-state index in [9.17, 15) is 22.4 Å². The van der Waals surface area contributed by atoms with E-state index in [-0.39, 0.29) is 11.6 Å². The quantitative estimate of drug-likeness (QED) is 0.824. The Morgan fingerprint density at radius 1 is 1.14 bits per heavy atom. The number of piperidine rings is 1. The number of rotatable bonds is 2. The molecule has 22 heavy (non-hydrogen) atoms. The molecule has 2 N–H and O–H groups in total. The summed E-state index contributed by atoms with van der Waals surface area (Å²) in [4.78, 5) is 12.1. The van der Waals surface area contributed by atoms with Crippen molar-refractivity contribution in [1.29, 1.82) is 0 Å². The molecule has 0 radical (unpaired) electrons. The van der Waals surface area contributed by atoms with E-state index in [0.717, 1.165) is 31.7 Å². The van der Waals surface area contributed by atoms with E-state index in [1.165, 1.54) is 0 Å². The van der Waals surface area contributed by atoms with E-state index in [0.29, 0.717) is 24.2 Å². The van der Waals surface area contributed by atoms with Gasteiger partial charge in [-0.2, -0.15) is 13.2 Å². The molecular formula is C15H16F4N2O. The summed E-state index contributed by atoms with van der Waals surface area (Å²) in [5, 5.41) is 6.14. The van der Waals surface area contributed by atoms with Gasteiger partial charge in [-0.25, -0.2) is 4.39 Å². The Kier molecular flexibility index (Phi) is 3.84. The molecule has 2 unspecified atom stereocenters. The van der Waals surface area contributed by atoms with Crippen molar-refractivity contribution in [1.82, 2.24) is 10.6 Å². The average molecular weight is 316 g/mol. The minimum atomic E-state index is -4.68. The standard InChI is InChI=1S/C15H16F4N2O/c16-10-4-8(3-9(5-10)15(17,18)19)14(22)21-13-6-11-1-2-12(7-13)20-11/h3-5,11-13,20H,1-2,6-7H2,(H,21,22). The minimum absolute atomic E-state index is 0.0798. The number of hydrogen-bond donors (Lipinski definition) is 2. The largest absolute Gasteiger partial charge is 0.416 e. The first-order valence-corrected chi connectivity index (χ1v) is 7.26. The molecule has 2 atom stereocenters. The van der Waals surface area contributed by atoms with Gasteiger partial charge in [-0.3, -0.25) is 4.79 Å². The maximum Gasteiger partial charge on any atom is 0.416 e. The van der Waals surface area contributed by atoms with Gasteiger partial charge in [0.1, 0.15) is 5.82 Å². The molecule has 1 amide bonds. The van der Waals surface area contributed by atoms with Gasteiger partial charge in [-0.15, -0.1) is 0 Å². The fraction of sp³-hybridized carbons (Fsp3) is 0.533. The lowest BCUT2D eigenvalue weighted by atomic mass is 9.99. The molecule has 120 valence electrons. The summed E-state index contributed by atoms with van der Waals surface area (Å²) in [6, 6.07) is 2.53. The lowest BCUT2D eigenvalue weighted by Crippen LogP contribution is -2.48. The molecule has 2 saturated heterocycles. The molecule has 2 fully saturated rings. The summed E-state index contributed by atoms with van der Waals surface area (Å²) in [5.74, 6) is -1.72. The number of carbonyl (C=O) groups is 1. The molecule has 0 spiro atoms. The topological polar surface area (TPSA) is 41.1 Å². The highest BCUT2D eigenvalue weighted by Gasteiger charge is 2.35. The molecule has 3 rings (SSSR count). The molecule has 2 aliphatic rings. The minimum Gasteiger partial charge on any atom is -0.349 e. The van der Waals surface area contributed by atoms with Crippen molar-refractivity contribution in [2.75, 3.05) is 0 Å². The molecule has 2 aliphatic heterocycles. The molecular weight excluding hydrogens is 300 g/mol. The number of amides is 1. The zero-order valence-electron chi connectivity index (χ0n) is 11.7. The van der Waals surface area contributed by atoms with E-state index in [4.69, 9.17) is 0 Å². The van der Waals surface area contributed by atoms with Crippen LogP contribution in [0.25, 0.3) is 0 Å². The van der Waals surface area contributed by atoms with Gasteiger partial charge in [-0.05, 0) is 43.9 Å². The van der Waals surface area contributed by atoms with Gasteiger partial charge < -0.3 is 10.6 Å². The predicted molar refractivity (Wildman–Crippen MR) is 71.8 cm³/mol. The Labute approximate surface area is 125 Å². The predicted octanol–water partition coefficient (Wildman–Crippen LogP) is 2.86. The maximum absolute atomic E-state index is 13.3. The molecule has 0 aliphatic carbocycles. The van der Waals surface area contributed by atoms with Gasteiger partial charge in [0.25, 0.3) is 5.91 Å². The first-order chi connectivity index (χ1) is 10.3. The number of benzene rings is 1. The van der Waals surface area contributed by atoms with Crippen LogP contribution in [0.3, 0.4) is 0 Å². The number of halogens is 4. The third-order valence-corrected chi connectivity index (χ3v) is 4.30. The van der Waals surface area contributed by atoms with Crippen molar-refractivity contribution in [3.05, 3.63) is 35.1 Å². The van der Waals surface area contributed by atoms with Crippen LogP contribution in [0.15, 0.2) is 18.2 Å². The van der Waals surface area contributed by atoms with Crippen molar-refractivity contribution in [3.63, 3.8) is 0 Å². The summed E-state index contributed by atoms with van der Waals surface area (Å²) < 4.78 is 51.4.